The van der Waals surface area contributed by atoms with E-state index in [1.54, 1.807) is 31.4 Å². The van der Waals surface area contributed by atoms with Crippen molar-refractivity contribution in [1.82, 2.24) is 5.32 Å². The number of carbonyl (C=O) groups is 1. The Hall–Kier alpha value is -3.03. The van der Waals surface area contributed by atoms with Crippen LogP contribution in [-0.2, 0) is 10.0 Å². The van der Waals surface area contributed by atoms with E-state index in [4.69, 9.17) is 16.3 Å². The van der Waals surface area contributed by atoms with Crippen molar-refractivity contribution in [2.24, 2.45) is 0 Å². The van der Waals surface area contributed by atoms with Crippen molar-refractivity contribution >= 4 is 33.2 Å². The van der Waals surface area contributed by atoms with Gasteiger partial charge in [-0.2, -0.15) is 0 Å². The Kier molecular flexibility index (Phi) is 6.64. The largest absolute Gasteiger partial charge is 0.497 e. The summed E-state index contributed by atoms with van der Waals surface area (Å²) < 4.78 is 32.5. The van der Waals surface area contributed by atoms with Crippen LogP contribution in [0, 0.1) is 0 Å². The lowest BCUT2D eigenvalue weighted by Crippen LogP contribution is -2.26. The fourth-order valence-corrected chi connectivity index (χ4v) is 3.96. The fraction of sp³-hybridized carbons (Fsp3) is 0.136. The number of benzene rings is 3. The van der Waals surface area contributed by atoms with Crippen LogP contribution in [0.1, 0.15) is 28.9 Å². The molecule has 0 saturated heterocycles. The third kappa shape index (κ3) is 5.31. The van der Waals surface area contributed by atoms with Crippen LogP contribution in [-0.4, -0.2) is 21.4 Å². The maximum Gasteiger partial charge on any atom is 0.261 e. The zero-order chi connectivity index (χ0) is 21.7. The SMILES string of the molecule is COc1ccc([C@@H](C)NC(=O)c2ccc(NS(=O)(=O)c3ccc(Cl)cc3)cc2)cc1. The van der Waals surface area contributed by atoms with E-state index in [1.165, 1.54) is 24.3 Å². The van der Waals surface area contributed by atoms with Crippen molar-refractivity contribution < 1.29 is 17.9 Å². The molecule has 8 heteroatoms. The van der Waals surface area contributed by atoms with Crippen LogP contribution in [0.5, 0.6) is 5.75 Å². The van der Waals surface area contributed by atoms with Gasteiger partial charge in [-0.1, -0.05) is 23.7 Å². The highest BCUT2D eigenvalue weighted by Gasteiger charge is 2.15. The van der Waals surface area contributed by atoms with Crippen molar-refractivity contribution in [3.05, 3.63) is 88.9 Å². The number of hydrogen-bond acceptors (Lipinski definition) is 4. The first-order chi connectivity index (χ1) is 14.3. The van der Waals surface area contributed by atoms with Crippen LogP contribution >= 0.6 is 11.6 Å². The summed E-state index contributed by atoms with van der Waals surface area (Å²) in [6.45, 7) is 1.88. The number of hydrogen-bond donors (Lipinski definition) is 2. The summed E-state index contributed by atoms with van der Waals surface area (Å²) in [6.07, 6.45) is 0. The molecule has 0 heterocycles. The van der Waals surface area contributed by atoms with Crippen molar-refractivity contribution in [3.8, 4) is 5.75 Å². The van der Waals surface area contributed by atoms with E-state index in [9.17, 15) is 13.2 Å². The average molecular weight is 445 g/mol. The molecule has 30 heavy (non-hydrogen) atoms. The first-order valence-electron chi connectivity index (χ1n) is 9.12. The zero-order valence-electron chi connectivity index (χ0n) is 16.4. The third-order valence-electron chi connectivity index (χ3n) is 4.49. The minimum Gasteiger partial charge on any atom is -0.497 e. The number of methoxy groups -OCH3 is 1. The lowest BCUT2D eigenvalue weighted by molar-refractivity contribution is 0.0940. The maximum absolute atomic E-state index is 12.5. The standard InChI is InChI=1S/C22H21ClN2O4S/c1-15(16-5-11-20(29-2)12-6-16)24-22(26)17-3-9-19(10-4-17)25-30(27,28)21-13-7-18(23)8-14-21/h3-15,25H,1-2H3,(H,24,26)/t15-/m1/s1. The number of ether oxygens (including phenoxy) is 1. The van der Waals surface area contributed by atoms with Gasteiger partial charge in [-0.3, -0.25) is 9.52 Å². The summed E-state index contributed by atoms with van der Waals surface area (Å²) in [4.78, 5) is 12.6. The Labute approximate surface area is 180 Å². The average Bonchev–Trinajstić information content (AvgIpc) is 2.74. The van der Waals surface area contributed by atoms with Gasteiger partial charge in [0, 0.05) is 16.3 Å². The van der Waals surface area contributed by atoms with Crippen LogP contribution in [0.25, 0.3) is 0 Å². The Morgan fingerprint density at radius 1 is 0.933 bits per heavy atom. The van der Waals surface area contributed by atoms with Gasteiger partial charge in [0.15, 0.2) is 0 Å². The number of rotatable bonds is 7. The number of amides is 1. The smallest absolute Gasteiger partial charge is 0.261 e. The Morgan fingerprint density at radius 2 is 1.53 bits per heavy atom. The molecule has 1 atom stereocenters. The molecule has 0 aromatic heterocycles. The van der Waals surface area contributed by atoms with Crippen molar-refractivity contribution in [2.45, 2.75) is 17.9 Å². The van der Waals surface area contributed by atoms with Crippen LogP contribution in [0.3, 0.4) is 0 Å². The molecule has 6 nitrogen and oxygen atoms in total. The minimum atomic E-state index is -3.74. The first kappa shape index (κ1) is 21.7. The molecule has 2 N–H and O–H groups in total. The molecule has 3 aromatic carbocycles. The molecule has 0 aliphatic heterocycles. The third-order valence-corrected chi connectivity index (χ3v) is 6.14. The van der Waals surface area contributed by atoms with Crippen LogP contribution in [0.4, 0.5) is 5.69 Å². The molecule has 0 aliphatic carbocycles. The summed E-state index contributed by atoms with van der Waals surface area (Å²) in [7, 11) is -2.15. The van der Waals surface area contributed by atoms with Gasteiger partial charge in [-0.05, 0) is 73.2 Å². The molecule has 1 amide bonds. The van der Waals surface area contributed by atoms with Gasteiger partial charge in [-0.25, -0.2) is 8.42 Å². The Morgan fingerprint density at radius 3 is 2.10 bits per heavy atom. The lowest BCUT2D eigenvalue weighted by Gasteiger charge is -2.15. The number of sulfonamides is 1. The van der Waals surface area contributed by atoms with Gasteiger partial charge < -0.3 is 10.1 Å². The molecule has 3 aromatic rings. The van der Waals surface area contributed by atoms with Gasteiger partial charge in [0.05, 0.1) is 18.0 Å². The number of carbonyl (C=O) groups excluding carboxylic acids is 1. The summed E-state index contributed by atoms with van der Waals surface area (Å²) >= 11 is 5.80. The van der Waals surface area contributed by atoms with Gasteiger partial charge in [0.2, 0.25) is 0 Å². The minimum absolute atomic E-state index is 0.0991. The van der Waals surface area contributed by atoms with Crippen molar-refractivity contribution in [3.63, 3.8) is 0 Å². The summed E-state index contributed by atoms with van der Waals surface area (Å²) in [5.41, 5.74) is 1.71. The van der Waals surface area contributed by atoms with Gasteiger partial charge in [0.25, 0.3) is 15.9 Å². The molecule has 156 valence electrons. The number of halogens is 1. The van der Waals surface area contributed by atoms with Gasteiger partial charge in [0.1, 0.15) is 5.75 Å². The Balaban J connectivity index is 1.65. The topological polar surface area (TPSA) is 84.5 Å². The molecule has 0 bridgehead atoms. The maximum atomic E-state index is 12.5. The molecule has 0 spiro atoms. The highest BCUT2D eigenvalue weighted by Crippen LogP contribution is 2.20. The van der Waals surface area contributed by atoms with E-state index in [-0.39, 0.29) is 16.8 Å². The van der Waals surface area contributed by atoms with Crippen molar-refractivity contribution in [2.75, 3.05) is 11.8 Å². The number of nitrogens with one attached hydrogen (secondary N) is 2. The van der Waals surface area contributed by atoms with Crippen molar-refractivity contribution in [1.29, 1.82) is 0 Å². The lowest BCUT2D eigenvalue weighted by atomic mass is 10.1. The van der Waals surface area contributed by atoms with E-state index in [0.29, 0.717) is 16.3 Å². The molecule has 0 saturated carbocycles. The van der Waals surface area contributed by atoms with E-state index in [2.05, 4.69) is 10.0 Å². The molecule has 0 aliphatic rings. The quantitative estimate of drug-likeness (QED) is 0.556. The molecular formula is C22H21ClN2O4S. The summed E-state index contributed by atoms with van der Waals surface area (Å²) in [5, 5.41) is 3.37. The van der Waals surface area contributed by atoms with Gasteiger partial charge in [-0.15, -0.1) is 0 Å². The second-order valence-corrected chi connectivity index (χ2v) is 8.72. The van der Waals surface area contributed by atoms with E-state index < -0.39 is 10.0 Å². The summed E-state index contributed by atoms with van der Waals surface area (Å²) in [6, 6.07) is 19.3. The molecular weight excluding hydrogens is 424 g/mol. The molecule has 0 radical (unpaired) electrons. The normalized spacial score (nSPS) is 12.1. The first-order valence-corrected chi connectivity index (χ1v) is 11.0. The number of anilines is 1. The van der Waals surface area contributed by atoms with E-state index >= 15 is 0 Å². The monoisotopic (exact) mass is 444 g/mol. The molecule has 0 unspecified atom stereocenters. The van der Waals surface area contributed by atoms with Crippen LogP contribution in [0.15, 0.2) is 77.7 Å². The highest BCUT2D eigenvalue weighted by atomic mass is 35.5. The highest BCUT2D eigenvalue weighted by molar-refractivity contribution is 7.92. The summed E-state index contributed by atoms with van der Waals surface area (Å²) in [5.74, 6) is 0.486. The second kappa shape index (κ2) is 9.19. The van der Waals surface area contributed by atoms with Gasteiger partial charge >= 0.3 is 0 Å². The predicted octanol–water partition coefficient (Wildman–Crippen LogP) is 4.64. The molecule has 0 fully saturated rings. The van der Waals surface area contributed by atoms with Crippen LogP contribution < -0.4 is 14.8 Å². The predicted molar refractivity (Wildman–Crippen MR) is 118 cm³/mol. The zero-order valence-corrected chi connectivity index (χ0v) is 18.0. The Bertz CT molecular complexity index is 1110. The molecule has 3 rings (SSSR count). The van der Waals surface area contributed by atoms with E-state index in [1.807, 2.05) is 31.2 Å². The van der Waals surface area contributed by atoms with E-state index in [0.717, 1.165) is 11.3 Å². The fourth-order valence-electron chi connectivity index (χ4n) is 2.77. The van der Waals surface area contributed by atoms with Crippen LogP contribution in [0.2, 0.25) is 5.02 Å². The second-order valence-electron chi connectivity index (χ2n) is 6.61.